The van der Waals surface area contributed by atoms with Crippen molar-refractivity contribution >= 4 is 0 Å². The van der Waals surface area contributed by atoms with E-state index in [2.05, 4.69) is 22.4 Å². The molecule has 1 aliphatic rings. The summed E-state index contributed by atoms with van der Waals surface area (Å²) in [5, 5.41) is 2.29. The van der Waals surface area contributed by atoms with Crippen molar-refractivity contribution in [3.05, 3.63) is 29.8 Å². The second-order valence-corrected chi connectivity index (χ2v) is 4.48. The third-order valence-corrected chi connectivity index (χ3v) is 3.13. The van der Waals surface area contributed by atoms with E-state index in [0.29, 0.717) is 6.61 Å². The van der Waals surface area contributed by atoms with E-state index in [1.165, 1.54) is 19.3 Å². The van der Waals surface area contributed by atoms with Crippen LogP contribution in [0.4, 0.5) is 0 Å². The van der Waals surface area contributed by atoms with Crippen LogP contribution >= 0.6 is 0 Å². The minimum atomic E-state index is 0.320. The van der Waals surface area contributed by atoms with Gasteiger partial charge < -0.3 is 4.74 Å². The average molecular weight is 244 g/mol. The lowest BCUT2D eigenvalue weighted by molar-refractivity contribution is 0.150. The fraction of sp³-hybridized carbons (Fsp3) is 0.467. The Bertz CT molecular complexity index is 405. The summed E-state index contributed by atoms with van der Waals surface area (Å²) in [5.74, 6) is 3.37. The largest absolute Gasteiger partial charge is 0.481 e. The van der Waals surface area contributed by atoms with Gasteiger partial charge in [-0.05, 0) is 18.9 Å². The molecular formula is C15H20N2O. The summed E-state index contributed by atoms with van der Waals surface area (Å²) in [4.78, 5) is 0. The first kappa shape index (κ1) is 12.9. The van der Waals surface area contributed by atoms with Crippen molar-refractivity contribution in [2.24, 2.45) is 0 Å². The lowest BCUT2D eigenvalue weighted by Gasteiger charge is -2.27. The highest BCUT2D eigenvalue weighted by Gasteiger charge is 2.10. The van der Waals surface area contributed by atoms with Gasteiger partial charge in [0.2, 0.25) is 0 Å². The van der Waals surface area contributed by atoms with Crippen LogP contribution in [0.3, 0.4) is 0 Å². The molecule has 0 unspecified atom stereocenters. The fourth-order valence-electron chi connectivity index (χ4n) is 2.16. The van der Waals surface area contributed by atoms with E-state index in [0.717, 1.165) is 30.9 Å². The van der Waals surface area contributed by atoms with Gasteiger partial charge in [-0.3, -0.25) is 5.43 Å². The lowest BCUT2D eigenvalue weighted by Crippen LogP contribution is -2.41. The van der Waals surface area contributed by atoms with Crippen molar-refractivity contribution in [2.45, 2.75) is 25.8 Å². The number of hydrogen-bond acceptors (Lipinski definition) is 3. The topological polar surface area (TPSA) is 24.5 Å². The lowest BCUT2D eigenvalue weighted by atomic mass is 10.1. The summed E-state index contributed by atoms with van der Waals surface area (Å²) in [7, 11) is 0. The summed E-state index contributed by atoms with van der Waals surface area (Å²) < 4.78 is 5.53. The molecule has 1 aromatic rings. The van der Waals surface area contributed by atoms with Gasteiger partial charge in [0, 0.05) is 25.2 Å². The predicted octanol–water partition coefficient (Wildman–Crippen LogP) is 2.19. The van der Waals surface area contributed by atoms with Gasteiger partial charge in [0.25, 0.3) is 0 Å². The number of piperidine rings is 1. The molecule has 3 nitrogen and oxygen atoms in total. The first-order valence-corrected chi connectivity index (χ1v) is 6.53. The Hall–Kier alpha value is -1.50. The SMILES string of the molecule is C#CCOc1ccccc1CNN1CCCCC1. The van der Waals surface area contributed by atoms with E-state index in [1.807, 2.05) is 18.2 Å². The number of para-hydroxylation sites is 1. The summed E-state index contributed by atoms with van der Waals surface area (Å²) in [6, 6.07) is 8.03. The molecule has 0 amide bonds. The number of nitrogens with zero attached hydrogens (tertiary/aromatic N) is 1. The molecule has 1 N–H and O–H groups in total. The normalized spacial score (nSPS) is 16.2. The molecule has 0 aliphatic carbocycles. The molecule has 1 saturated heterocycles. The van der Waals surface area contributed by atoms with Crippen molar-refractivity contribution in [1.82, 2.24) is 10.4 Å². The zero-order chi connectivity index (χ0) is 12.6. The molecule has 0 spiro atoms. The molecule has 1 aliphatic heterocycles. The third-order valence-electron chi connectivity index (χ3n) is 3.13. The summed E-state index contributed by atoms with van der Waals surface area (Å²) in [6.45, 7) is 3.38. The number of hydrazine groups is 1. The van der Waals surface area contributed by atoms with Crippen molar-refractivity contribution in [1.29, 1.82) is 0 Å². The zero-order valence-electron chi connectivity index (χ0n) is 10.7. The number of rotatable bonds is 5. The Morgan fingerprint density at radius 3 is 2.78 bits per heavy atom. The average Bonchev–Trinajstić information content (AvgIpc) is 2.45. The molecule has 1 aromatic carbocycles. The molecular weight excluding hydrogens is 224 g/mol. The Kier molecular flexibility index (Phi) is 5.07. The molecule has 0 radical (unpaired) electrons. The summed E-state index contributed by atoms with van der Waals surface area (Å²) in [6.07, 6.45) is 9.13. The van der Waals surface area contributed by atoms with Gasteiger partial charge in [-0.15, -0.1) is 6.42 Å². The van der Waals surface area contributed by atoms with Gasteiger partial charge >= 0.3 is 0 Å². The van der Waals surface area contributed by atoms with Crippen LogP contribution in [0.5, 0.6) is 5.75 Å². The number of nitrogens with one attached hydrogen (secondary N) is 1. The first-order valence-electron chi connectivity index (χ1n) is 6.53. The highest BCUT2D eigenvalue weighted by Crippen LogP contribution is 2.18. The second kappa shape index (κ2) is 7.05. The maximum atomic E-state index is 5.53. The van der Waals surface area contributed by atoms with Crippen molar-refractivity contribution in [2.75, 3.05) is 19.7 Å². The van der Waals surface area contributed by atoms with Crippen LogP contribution in [-0.4, -0.2) is 24.7 Å². The van der Waals surface area contributed by atoms with Crippen molar-refractivity contribution in [3.8, 4) is 18.1 Å². The molecule has 0 saturated carbocycles. The molecule has 1 heterocycles. The minimum Gasteiger partial charge on any atom is -0.481 e. The molecule has 18 heavy (non-hydrogen) atoms. The molecule has 1 fully saturated rings. The number of terminal acetylenes is 1. The van der Waals surface area contributed by atoms with Gasteiger partial charge in [0.1, 0.15) is 12.4 Å². The Balaban J connectivity index is 1.89. The molecule has 96 valence electrons. The first-order chi connectivity index (χ1) is 8.90. The van der Waals surface area contributed by atoms with Crippen LogP contribution < -0.4 is 10.2 Å². The minimum absolute atomic E-state index is 0.320. The van der Waals surface area contributed by atoms with E-state index in [1.54, 1.807) is 0 Å². The quantitative estimate of drug-likeness (QED) is 0.804. The predicted molar refractivity (Wildman–Crippen MR) is 73.0 cm³/mol. The van der Waals surface area contributed by atoms with E-state index >= 15 is 0 Å². The van der Waals surface area contributed by atoms with Gasteiger partial charge in [0.05, 0.1) is 0 Å². The zero-order valence-corrected chi connectivity index (χ0v) is 10.7. The summed E-state index contributed by atoms with van der Waals surface area (Å²) >= 11 is 0. The monoisotopic (exact) mass is 244 g/mol. The van der Waals surface area contributed by atoms with Crippen LogP contribution in [0.25, 0.3) is 0 Å². The van der Waals surface area contributed by atoms with E-state index in [4.69, 9.17) is 11.2 Å². The van der Waals surface area contributed by atoms with Crippen LogP contribution in [0.15, 0.2) is 24.3 Å². The number of hydrogen-bond donors (Lipinski definition) is 1. The Labute approximate surface area is 109 Å². The molecule has 3 heteroatoms. The maximum Gasteiger partial charge on any atom is 0.148 e. The highest BCUT2D eigenvalue weighted by molar-refractivity contribution is 5.33. The van der Waals surface area contributed by atoms with Crippen molar-refractivity contribution < 1.29 is 4.74 Å². The van der Waals surface area contributed by atoms with E-state index in [9.17, 15) is 0 Å². The Morgan fingerprint density at radius 2 is 2.00 bits per heavy atom. The standard InChI is InChI=1S/C15H20N2O/c1-2-12-18-15-9-5-4-8-14(15)13-16-17-10-6-3-7-11-17/h1,4-5,8-9,16H,3,6-7,10-13H2. The van der Waals surface area contributed by atoms with E-state index in [-0.39, 0.29) is 0 Å². The Morgan fingerprint density at radius 1 is 1.22 bits per heavy atom. The van der Waals surface area contributed by atoms with E-state index < -0.39 is 0 Å². The number of ether oxygens (including phenoxy) is 1. The smallest absolute Gasteiger partial charge is 0.148 e. The number of benzene rings is 1. The molecule has 2 rings (SSSR count). The third kappa shape index (κ3) is 3.76. The van der Waals surface area contributed by atoms with Crippen LogP contribution in [0.2, 0.25) is 0 Å². The highest BCUT2D eigenvalue weighted by atomic mass is 16.5. The van der Waals surface area contributed by atoms with Gasteiger partial charge in [0.15, 0.2) is 0 Å². The maximum absolute atomic E-state index is 5.53. The molecule has 0 aromatic heterocycles. The molecule has 0 bridgehead atoms. The van der Waals surface area contributed by atoms with Gasteiger partial charge in [-0.1, -0.05) is 30.5 Å². The van der Waals surface area contributed by atoms with Crippen molar-refractivity contribution in [3.63, 3.8) is 0 Å². The second-order valence-electron chi connectivity index (χ2n) is 4.48. The fourth-order valence-corrected chi connectivity index (χ4v) is 2.16. The molecule has 0 atom stereocenters. The van der Waals surface area contributed by atoms with Crippen LogP contribution in [0.1, 0.15) is 24.8 Å². The van der Waals surface area contributed by atoms with Gasteiger partial charge in [-0.2, -0.15) is 0 Å². The van der Waals surface area contributed by atoms with Crippen LogP contribution in [0, 0.1) is 12.3 Å². The summed E-state index contributed by atoms with van der Waals surface area (Å²) in [5.41, 5.74) is 4.61. The van der Waals surface area contributed by atoms with Crippen LogP contribution in [-0.2, 0) is 6.54 Å². The van der Waals surface area contributed by atoms with Gasteiger partial charge in [-0.25, -0.2) is 5.01 Å².